The lowest BCUT2D eigenvalue weighted by atomic mass is 9.55. The minimum absolute atomic E-state index is 0.00683. The molecule has 6 unspecified atom stereocenters. The van der Waals surface area contributed by atoms with Gasteiger partial charge in [-0.2, -0.15) is 0 Å². The Hall–Kier alpha value is -3.99. The summed E-state index contributed by atoms with van der Waals surface area (Å²) in [5, 5.41) is 24.8. The van der Waals surface area contributed by atoms with Gasteiger partial charge in [-0.3, -0.25) is 4.79 Å². The van der Waals surface area contributed by atoms with Crippen LogP contribution in [0, 0.1) is 29.5 Å². The fourth-order valence-electron chi connectivity index (χ4n) is 10.0. The van der Waals surface area contributed by atoms with Crippen LogP contribution in [0.25, 0.3) is 0 Å². The summed E-state index contributed by atoms with van der Waals surface area (Å²) in [7, 11) is 0. The molecule has 9 nitrogen and oxygen atoms in total. The molecule has 6 rings (SSSR count). The van der Waals surface area contributed by atoms with Crippen LogP contribution in [0.5, 0.6) is 11.5 Å². The van der Waals surface area contributed by atoms with Crippen molar-refractivity contribution < 1.29 is 38.4 Å². The number of aliphatic hydroxyl groups is 2. The number of nitrogens with zero attached hydrogens (tertiary/aromatic N) is 2. The molecule has 0 saturated heterocycles. The van der Waals surface area contributed by atoms with Crippen molar-refractivity contribution in [3.63, 3.8) is 0 Å². The molecule has 322 valence electrons. The van der Waals surface area contributed by atoms with E-state index in [1.807, 2.05) is 37.8 Å². The van der Waals surface area contributed by atoms with Gasteiger partial charge in [-0.05, 0) is 112 Å². The fourth-order valence-corrected chi connectivity index (χ4v) is 10.0. The highest BCUT2D eigenvalue weighted by Crippen LogP contribution is 2.62. The van der Waals surface area contributed by atoms with Gasteiger partial charge in [-0.15, -0.1) is 6.58 Å². The van der Waals surface area contributed by atoms with Gasteiger partial charge in [0.2, 0.25) is 11.7 Å². The normalized spacial score (nSPS) is 25.7. The van der Waals surface area contributed by atoms with Crippen LogP contribution in [0.2, 0.25) is 0 Å². The minimum Gasteiger partial charge on any atom is -0.490 e. The third kappa shape index (κ3) is 10.7. The van der Waals surface area contributed by atoms with Crippen molar-refractivity contribution >= 4 is 11.6 Å². The third-order valence-electron chi connectivity index (χ3n) is 12.6. The molecule has 2 aromatic rings. The smallest absolute Gasteiger partial charge is 0.239 e. The highest BCUT2D eigenvalue weighted by atomic mass is 19.1. The zero-order valence-electron chi connectivity index (χ0n) is 35.6. The number of carbonyl (C=O) groups is 1. The van der Waals surface area contributed by atoms with Crippen LogP contribution in [0.4, 0.5) is 4.39 Å². The second kappa shape index (κ2) is 20.5. The van der Waals surface area contributed by atoms with Crippen LogP contribution >= 0.6 is 0 Å². The van der Waals surface area contributed by atoms with Gasteiger partial charge in [0, 0.05) is 44.1 Å². The maximum absolute atomic E-state index is 15.0. The second-order valence-corrected chi connectivity index (χ2v) is 17.9. The topological polar surface area (TPSA) is 110 Å². The number of ether oxygens (including phenoxy) is 3. The van der Waals surface area contributed by atoms with Crippen molar-refractivity contribution in [1.29, 1.82) is 0 Å². The van der Waals surface area contributed by atoms with E-state index in [2.05, 4.69) is 25.3 Å². The molecule has 1 aliphatic heterocycles. The predicted molar refractivity (Wildman–Crippen MR) is 230 cm³/mol. The highest BCUT2D eigenvalue weighted by Gasteiger charge is 2.65. The van der Waals surface area contributed by atoms with Gasteiger partial charge in [0.1, 0.15) is 35.6 Å². The number of carbonyl (C=O) groups excluding carboxylic acids is 1. The van der Waals surface area contributed by atoms with Gasteiger partial charge < -0.3 is 34.2 Å². The van der Waals surface area contributed by atoms with Crippen LogP contribution < -0.4 is 9.47 Å². The molecule has 2 N–H and O–H groups in total. The number of fused-ring (bicyclic) bond motifs is 2. The number of halogens is 1. The van der Waals surface area contributed by atoms with E-state index >= 15 is 4.79 Å². The van der Waals surface area contributed by atoms with E-state index in [4.69, 9.17) is 24.2 Å². The van der Waals surface area contributed by atoms with Crippen LogP contribution in [0.1, 0.15) is 121 Å². The molecule has 0 aromatic heterocycles. The molecule has 0 spiro atoms. The lowest BCUT2D eigenvalue weighted by molar-refractivity contribution is -0.258. The summed E-state index contributed by atoms with van der Waals surface area (Å²) < 4.78 is 35.0. The average Bonchev–Trinajstić information content (AvgIpc) is 3.75. The molecule has 0 radical (unpaired) electrons. The molecule has 10 heteroatoms. The maximum Gasteiger partial charge on any atom is 0.239 e. The molecule has 6 atom stereocenters. The summed E-state index contributed by atoms with van der Waals surface area (Å²) in [4.78, 5) is 23.2. The molecule has 4 aliphatic rings. The average molecular weight is 815 g/mol. The van der Waals surface area contributed by atoms with Crippen molar-refractivity contribution in [3.8, 4) is 11.5 Å². The first-order chi connectivity index (χ1) is 28.5. The summed E-state index contributed by atoms with van der Waals surface area (Å²) in [5.74, 6) is -0.252. The molecule has 2 saturated carbocycles. The molecular formula is C49H67FN2O7. The highest BCUT2D eigenvalue weighted by molar-refractivity contribution is 6.03. The Morgan fingerprint density at radius 2 is 1.69 bits per heavy atom. The van der Waals surface area contributed by atoms with Gasteiger partial charge in [0.25, 0.3) is 0 Å². The van der Waals surface area contributed by atoms with Gasteiger partial charge in [0.05, 0.1) is 18.2 Å². The fraction of sp³-hybridized carbons (Fsp3) is 0.592. The first-order valence-electron chi connectivity index (χ1n) is 22.1. The van der Waals surface area contributed by atoms with Gasteiger partial charge in [-0.25, -0.2) is 4.39 Å². The summed E-state index contributed by atoms with van der Waals surface area (Å²) in [6, 6.07) is 11.7. The number of benzene rings is 2. The molecule has 0 bridgehead atoms. The standard InChI is InChI=1S/C49H67FN2O7/c1-6-28-56-38-23-24-43-41(31-38)46-39(17-11-13-27-54)36(16-10-12-26-53)30-40-42(51-59-48(3,4)5)32-44(49(58-43,47(40)46)57-29-7-2)52(33-35-18-21-37(50)22-19-35)45(55)25-20-34-14-8-9-15-34/h6-7,18-19,21-24,30-31,34,36,39,44,46-47,53-54H,1-2,8-17,20,25-29,32-33H2,3-5H3. The Morgan fingerprint density at radius 1 is 0.983 bits per heavy atom. The third-order valence-corrected chi connectivity index (χ3v) is 12.6. The molecule has 2 fully saturated rings. The van der Waals surface area contributed by atoms with E-state index < -0.39 is 23.3 Å². The molecule has 1 heterocycles. The maximum atomic E-state index is 15.0. The van der Waals surface area contributed by atoms with Crippen molar-refractivity contribution in [2.75, 3.05) is 26.4 Å². The van der Waals surface area contributed by atoms with Gasteiger partial charge >= 0.3 is 0 Å². The Labute approximate surface area is 351 Å². The second-order valence-electron chi connectivity index (χ2n) is 17.9. The number of hydrogen-bond donors (Lipinski definition) is 2. The summed E-state index contributed by atoms with van der Waals surface area (Å²) in [6.45, 7) is 14.8. The van der Waals surface area contributed by atoms with Gasteiger partial charge in [-0.1, -0.05) is 80.6 Å². The lowest BCUT2D eigenvalue weighted by Gasteiger charge is -2.60. The Bertz CT molecular complexity index is 1780. The largest absolute Gasteiger partial charge is 0.490 e. The molecule has 2 aromatic carbocycles. The van der Waals surface area contributed by atoms with Crippen molar-refractivity contribution in [1.82, 2.24) is 4.90 Å². The number of oxime groups is 1. The number of amides is 1. The SMILES string of the molecule is C=CCOc1ccc2c(c1)C1C(CCCCO)C(CCCCO)C=C3C(=NOC(C)(C)C)CC(N(Cc4ccc(F)cc4)C(=O)CCC4CCCC4)C(OCC=C)(O2)C31. The molecule has 59 heavy (non-hydrogen) atoms. The number of aliphatic hydroxyl groups excluding tert-OH is 2. The van der Waals surface area contributed by atoms with Crippen molar-refractivity contribution in [3.05, 3.63) is 96.4 Å². The molecular weight excluding hydrogens is 748 g/mol. The van der Waals surface area contributed by atoms with Crippen LogP contribution in [0.3, 0.4) is 0 Å². The van der Waals surface area contributed by atoms with Crippen molar-refractivity contribution in [2.45, 2.75) is 134 Å². The zero-order chi connectivity index (χ0) is 42.0. The molecule has 3 aliphatic carbocycles. The van der Waals surface area contributed by atoms with E-state index in [0.29, 0.717) is 49.7 Å². The lowest BCUT2D eigenvalue weighted by Crippen LogP contribution is -2.70. The Morgan fingerprint density at radius 3 is 2.37 bits per heavy atom. The van der Waals surface area contributed by atoms with E-state index in [1.54, 1.807) is 24.3 Å². The van der Waals surface area contributed by atoms with E-state index in [0.717, 1.165) is 67.4 Å². The van der Waals surface area contributed by atoms with E-state index in [-0.39, 0.29) is 55.8 Å². The van der Waals surface area contributed by atoms with Crippen molar-refractivity contribution in [2.24, 2.45) is 28.8 Å². The monoisotopic (exact) mass is 814 g/mol. The van der Waals surface area contributed by atoms with Crippen LogP contribution in [-0.2, 0) is 20.9 Å². The predicted octanol–water partition coefficient (Wildman–Crippen LogP) is 9.82. The van der Waals surface area contributed by atoms with E-state index in [9.17, 15) is 14.6 Å². The summed E-state index contributed by atoms with van der Waals surface area (Å²) >= 11 is 0. The van der Waals surface area contributed by atoms with E-state index in [1.165, 1.54) is 25.0 Å². The summed E-state index contributed by atoms with van der Waals surface area (Å²) in [6.07, 6.45) is 16.7. The number of unbranched alkanes of at least 4 members (excludes halogenated alkanes) is 2. The number of allylic oxidation sites excluding steroid dienone is 1. The van der Waals surface area contributed by atoms with Crippen LogP contribution in [0.15, 0.2) is 84.6 Å². The number of rotatable bonds is 21. The Kier molecular flexibility index (Phi) is 15.5. The first kappa shape index (κ1) is 44.6. The first-order valence-corrected chi connectivity index (χ1v) is 22.1. The van der Waals surface area contributed by atoms with Gasteiger partial charge in [0.15, 0.2) is 0 Å². The molecule has 1 amide bonds. The Balaban J connectivity index is 1.59. The number of hydrogen-bond acceptors (Lipinski definition) is 8. The quantitative estimate of drug-likeness (QED) is 0.0734. The minimum atomic E-state index is -1.38. The zero-order valence-corrected chi connectivity index (χ0v) is 35.6. The summed E-state index contributed by atoms with van der Waals surface area (Å²) in [5.41, 5.74) is 2.94. The van der Waals surface area contributed by atoms with Crippen LogP contribution in [-0.4, -0.2) is 70.6 Å².